The standard InChI is InChI=1S/C50H35NO/c1-2-10-34(11-3-1)36-20-26-42(27-21-36)51(47-17-9-8-15-44(47)41-19-18-35-12-4-5-14-39(35)32-41)43-28-22-37(23-29-43)40-24-30-46-49(33-40)52-48-31-25-38-13-6-7-16-45(38)50(46)48/h1-33,38,45H. The first-order valence-corrected chi connectivity index (χ1v) is 18.0. The third kappa shape index (κ3) is 5.28. The Morgan fingerprint density at radius 1 is 0.462 bits per heavy atom. The summed E-state index contributed by atoms with van der Waals surface area (Å²) >= 11 is 0. The molecule has 2 aliphatic carbocycles. The van der Waals surface area contributed by atoms with Crippen LogP contribution in [0.5, 0.6) is 0 Å². The van der Waals surface area contributed by atoms with E-state index in [9.17, 15) is 0 Å². The van der Waals surface area contributed by atoms with Gasteiger partial charge in [-0.15, -0.1) is 0 Å². The molecule has 2 heteroatoms. The fourth-order valence-corrected chi connectivity index (χ4v) is 8.01. The number of fused-ring (bicyclic) bond motifs is 6. The zero-order chi connectivity index (χ0) is 34.4. The van der Waals surface area contributed by atoms with Crippen LogP contribution >= 0.6 is 0 Å². The van der Waals surface area contributed by atoms with E-state index in [0.29, 0.717) is 11.8 Å². The van der Waals surface area contributed by atoms with Crippen molar-refractivity contribution in [1.82, 2.24) is 0 Å². The fraction of sp³-hybridized carbons (Fsp3) is 0.0400. The second kappa shape index (κ2) is 12.6. The van der Waals surface area contributed by atoms with Gasteiger partial charge in [0.2, 0.25) is 0 Å². The van der Waals surface area contributed by atoms with Crippen LogP contribution in [-0.4, -0.2) is 0 Å². The lowest BCUT2D eigenvalue weighted by atomic mass is 9.78. The number of para-hydroxylation sites is 1. The average Bonchev–Trinajstić information content (AvgIpc) is 3.60. The summed E-state index contributed by atoms with van der Waals surface area (Å²) in [5.74, 6) is 1.68. The largest absolute Gasteiger partial charge is 0.456 e. The molecule has 0 saturated heterocycles. The number of anilines is 3. The molecule has 0 fully saturated rings. The highest BCUT2D eigenvalue weighted by Crippen LogP contribution is 2.45. The fourth-order valence-electron chi connectivity index (χ4n) is 8.01. The van der Waals surface area contributed by atoms with Gasteiger partial charge in [-0.25, -0.2) is 0 Å². The van der Waals surface area contributed by atoms with Gasteiger partial charge in [0, 0.05) is 39.7 Å². The molecular weight excluding hydrogens is 631 g/mol. The van der Waals surface area contributed by atoms with Crippen molar-refractivity contribution < 1.29 is 4.42 Å². The molecule has 0 bridgehead atoms. The smallest absolute Gasteiger partial charge is 0.135 e. The van der Waals surface area contributed by atoms with Gasteiger partial charge in [0.05, 0.1) is 5.69 Å². The van der Waals surface area contributed by atoms with Crippen molar-refractivity contribution in [3.05, 3.63) is 205 Å². The van der Waals surface area contributed by atoms with Crippen molar-refractivity contribution in [2.75, 3.05) is 4.90 Å². The van der Waals surface area contributed by atoms with Crippen LogP contribution in [0.1, 0.15) is 17.2 Å². The first-order chi connectivity index (χ1) is 25.8. The highest BCUT2D eigenvalue weighted by Gasteiger charge is 2.29. The Morgan fingerprint density at radius 2 is 1.10 bits per heavy atom. The van der Waals surface area contributed by atoms with E-state index in [1.165, 1.54) is 44.0 Å². The van der Waals surface area contributed by atoms with Crippen LogP contribution in [0, 0.1) is 5.92 Å². The molecule has 8 aromatic rings. The van der Waals surface area contributed by atoms with Crippen LogP contribution in [0.2, 0.25) is 0 Å². The molecule has 2 atom stereocenters. The maximum atomic E-state index is 6.45. The molecule has 0 spiro atoms. The van der Waals surface area contributed by atoms with E-state index in [-0.39, 0.29) is 0 Å². The average molecular weight is 666 g/mol. The molecule has 2 nitrogen and oxygen atoms in total. The van der Waals surface area contributed by atoms with Gasteiger partial charge in [0.1, 0.15) is 11.3 Å². The molecule has 0 N–H and O–H groups in total. The van der Waals surface area contributed by atoms with Crippen molar-refractivity contribution >= 4 is 44.9 Å². The summed E-state index contributed by atoms with van der Waals surface area (Å²) < 4.78 is 6.45. The van der Waals surface area contributed by atoms with E-state index >= 15 is 0 Å². The molecule has 2 unspecified atom stereocenters. The molecule has 0 saturated carbocycles. The van der Waals surface area contributed by atoms with Crippen LogP contribution in [0.25, 0.3) is 61.2 Å². The predicted molar refractivity (Wildman–Crippen MR) is 218 cm³/mol. The molecule has 246 valence electrons. The first-order valence-electron chi connectivity index (χ1n) is 18.0. The second-order valence-electron chi connectivity index (χ2n) is 13.7. The van der Waals surface area contributed by atoms with E-state index in [4.69, 9.17) is 4.42 Å². The predicted octanol–water partition coefficient (Wildman–Crippen LogP) is 13.9. The topological polar surface area (TPSA) is 16.4 Å². The summed E-state index contributed by atoms with van der Waals surface area (Å²) in [5.41, 5.74) is 12.6. The summed E-state index contributed by atoms with van der Waals surface area (Å²) in [7, 11) is 0. The molecule has 1 heterocycles. The summed E-state index contributed by atoms with van der Waals surface area (Å²) in [6, 6.07) is 59.1. The Morgan fingerprint density at radius 3 is 1.90 bits per heavy atom. The quantitative estimate of drug-likeness (QED) is 0.176. The third-order valence-electron chi connectivity index (χ3n) is 10.6. The van der Waals surface area contributed by atoms with Gasteiger partial charge in [-0.3, -0.25) is 0 Å². The lowest BCUT2D eigenvalue weighted by molar-refractivity contribution is 0.578. The van der Waals surface area contributed by atoms with E-state index in [1.807, 2.05) is 0 Å². The Hall–Kier alpha value is -6.64. The number of hydrogen-bond acceptors (Lipinski definition) is 2. The van der Waals surface area contributed by atoms with E-state index in [0.717, 1.165) is 39.5 Å². The second-order valence-corrected chi connectivity index (χ2v) is 13.7. The maximum absolute atomic E-state index is 6.45. The lowest BCUT2D eigenvalue weighted by Crippen LogP contribution is -2.12. The third-order valence-corrected chi connectivity index (χ3v) is 10.6. The summed E-state index contributed by atoms with van der Waals surface area (Å²) in [4.78, 5) is 2.38. The highest BCUT2D eigenvalue weighted by atomic mass is 16.3. The number of benzene rings is 7. The van der Waals surface area contributed by atoms with Crippen LogP contribution in [0.4, 0.5) is 17.1 Å². The number of rotatable bonds is 6. The molecule has 10 rings (SSSR count). The minimum absolute atomic E-state index is 0.321. The van der Waals surface area contributed by atoms with Gasteiger partial charge < -0.3 is 9.32 Å². The van der Waals surface area contributed by atoms with Crippen molar-refractivity contribution in [1.29, 1.82) is 0 Å². The molecule has 0 aliphatic heterocycles. The molecule has 0 radical (unpaired) electrons. The van der Waals surface area contributed by atoms with Crippen LogP contribution < -0.4 is 4.90 Å². The van der Waals surface area contributed by atoms with Crippen LogP contribution in [0.3, 0.4) is 0 Å². The maximum Gasteiger partial charge on any atom is 0.135 e. The molecule has 1 aromatic heterocycles. The molecule has 0 amide bonds. The summed E-state index contributed by atoms with van der Waals surface area (Å²) in [5, 5.41) is 3.67. The Bertz CT molecular complexity index is 2680. The number of nitrogens with zero attached hydrogens (tertiary/aromatic N) is 1. The minimum Gasteiger partial charge on any atom is -0.456 e. The highest BCUT2D eigenvalue weighted by molar-refractivity contribution is 5.94. The lowest BCUT2D eigenvalue weighted by Gasteiger charge is -2.28. The van der Waals surface area contributed by atoms with Gasteiger partial charge in [-0.05, 0) is 87.1 Å². The summed E-state index contributed by atoms with van der Waals surface area (Å²) in [6.45, 7) is 0. The SMILES string of the molecule is C1=CC2C=Cc3oc4cc(-c5ccc(N(c6ccc(-c7ccccc7)cc6)c6ccccc6-c6ccc7ccccc7c6)cc5)ccc4c3C2C=C1. The zero-order valence-electron chi connectivity index (χ0n) is 28.6. The first kappa shape index (κ1) is 30.2. The normalized spacial score (nSPS) is 15.8. The number of allylic oxidation sites excluding steroid dienone is 5. The molecule has 7 aromatic carbocycles. The Labute approximate surface area is 303 Å². The van der Waals surface area contributed by atoms with Crippen LogP contribution in [0.15, 0.2) is 199 Å². The molecule has 52 heavy (non-hydrogen) atoms. The van der Waals surface area contributed by atoms with Crippen molar-refractivity contribution in [3.63, 3.8) is 0 Å². The van der Waals surface area contributed by atoms with Crippen molar-refractivity contribution in [2.24, 2.45) is 5.92 Å². The number of hydrogen-bond donors (Lipinski definition) is 0. The van der Waals surface area contributed by atoms with Gasteiger partial charge in [0.15, 0.2) is 0 Å². The number of furan rings is 1. The summed E-state index contributed by atoms with van der Waals surface area (Å²) in [6.07, 6.45) is 13.3. The van der Waals surface area contributed by atoms with E-state index in [2.05, 4.69) is 205 Å². The molecular formula is C50H35NO. The van der Waals surface area contributed by atoms with Gasteiger partial charge in [-0.2, -0.15) is 0 Å². The van der Waals surface area contributed by atoms with E-state index in [1.54, 1.807) is 0 Å². The Kier molecular flexibility index (Phi) is 7.32. The van der Waals surface area contributed by atoms with Crippen LogP contribution in [-0.2, 0) is 0 Å². The van der Waals surface area contributed by atoms with Gasteiger partial charge in [-0.1, -0.05) is 152 Å². The Balaban J connectivity index is 1.05. The van der Waals surface area contributed by atoms with Gasteiger partial charge in [0.25, 0.3) is 0 Å². The van der Waals surface area contributed by atoms with E-state index < -0.39 is 0 Å². The molecule has 2 aliphatic rings. The van der Waals surface area contributed by atoms with Gasteiger partial charge >= 0.3 is 0 Å². The minimum atomic E-state index is 0.321. The monoisotopic (exact) mass is 665 g/mol. The van der Waals surface area contributed by atoms with Crippen molar-refractivity contribution in [3.8, 4) is 33.4 Å². The zero-order valence-corrected chi connectivity index (χ0v) is 28.6. The van der Waals surface area contributed by atoms with Crippen molar-refractivity contribution in [2.45, 2.75) is 5.92 Å².